The molecule has 0 fully saturated rings. The van der Waals surface area contributed by atoms with Gasteiger partial charge in [-0.25, -0.2) is 8.42 Å². The van der Waals surface area contributed by atoms with Crippen molar-refractivity contribution in [1.29, 1.82) is 0 Å². The molecule has 5 nitrogen and oxygen atoms in total. The molecular formula is C7H4ClNO4S. The van der Waals surface area contributed by atoms with E-state index in [1.54, 1.807) is 6.07 Å². The Morgan fingerprint density at radius 3 is 2.50 bits per heavy atom. The highest BCUT2D eigenvalue weighted by molar-refractivity contribution is 8.13. The van der Waals surface area contributed by atoms with Crippen molar-refractivity contribution in [3.05, 3.63) is 24.4 Å². The van der Waals surface area contributed by atoms with E-state index in [9.17, 15) is 8.42 Å². The summed E-state index contributed by atoms with van der Waals surface area (Å²) in [6.07, 6.45) is 1.42. The minimum atomic E-state index is -3.83. The summed E-state index contributed by atoms with van der Waals surface area (Å²) in [5.41, 5.74) is 0. The molecule has 0 aromatic carbocycles. The lowest BCUT2D eigenvalue weighted by Gasteiger charge is -1.88. The Kier molecular flexibility index (Phi) is 2.09. The lowest BCUT2D eigenvalue weighted by atomic mass is 10.4. The van der Waals surface area contributed by atoms with Crippen LogP contribution in [0.1, 0.15) is 0 Å². The first-order valence-electron chi connectivity index (χ1n) is 3.53. The molecule has 2 rings (SSSR count). The van der Waals surface area contributed by atoms with E-state index in [0.717, 1.165) is 0 Å². The predicted octanol–water partition coefficient (Wildman–Crippen LogP) is 1.86. The average Bonchev–Trinajstić information content (AvgIpc) is 2.73. The number of halogens is 1. The van der Waals surface area contributed by atoms with Crippen molar-refractivity contribution in [3.8, 4) is 11.5 Å². The molecular weight excluding hydrogens is 230 g/mol. The second-order valence-electron chi connectivity index (χ2n) is 2.43. The largest absolute Gasteiger partial charge is 0.440 e. The Bertz CT molecular complexity index is 528. The molecule has 0 spiro atoms. The van der Waals surface area contributed by atoms with Crippen molar-refractivity contribution < 1.29 is 17.4 Å². The minimum absolute atomic E-state index is 0.265. The van der Waals surface area contributed by atoms with Crippen LogP contribution in [0.2, 0.25) is 0 Å². The second kappa shape index (κ2) is 3.14. The molecule has 0 saturated carbocycles. The molecule has 0 aliphatic carbocycles. The van der Waals surface area contributed by atoms with Crippen LogP contribution in [0.15, 0.2) is 38.4 Å². The molecule has 0 bridgehead atoms. The van der Waals surface area contributed by atoms with Crippen LogP contribution in [0.25, 0.3) is 11.5 Å². The maximum Gasteiger partial charge on any atom is 0.294 e. The van der Waals surface area contributed by atoms with E-state index in [-0.39, 0.29) is 10.9 Å². The maximum absolute atomic E-state index is 10.8. The van der Waals surface area contributed by atoms with Crippen LogP contribution in [0.4, 0.5) is 0 Å². The van der Waals surface area contributed by atoms with Crippen molar-refractivity contribution in [2.24, 2.45) is 0 Å². The second-order valence-corrected chi connectivity index (χ2v) is 4.93. The summed E-state index contributed by atoms with van der Waals surface area (Å²) in [5, 5.41) is 3.14. The summed E-state index contributed by atoms with van der Waals surface area (Å²) in [7, 11) is 1.24. The van der Waals surface area contributed by atoms with E-state index in [1.807, 2.05) is 0 Å². The third-order valence-electron chi connectivity index (χ3n) is 1.50. The van der Waals surface area contributed by atoms with E-state index >= 15 is 0 Å². The molecule has 0 aliphatic heterocycles. The van der Waals surface area contributed by atoms with E-state index in [0.29, 0.717) is 5.76 Å². The van der Waals surface area contributed by atoms with E-state index in [2.05, 4.69) is 5.16 Å². The monoisotopic (exact) mass is 233 g/mol. The summed E-state index contributed by atoms with van der Waals surface area (Å²) < 4.78 is 31.4. The van der Waals surface area contributed by atoms with Gasteiger partial charge >= 0.3 is 0 Å². The first-order chi connectivity index (χ1) is 6.57. The van der Waals surface area contributed by atoms with Gasteiger partial charge in [0.1, 0.15) is 0 Å². The zero-order valence-electron chi connectivity index (χ0n) is 6.68. The van der Waals surface area contributed by atoms with Gasteiger partial charge in [0.25, 0.3) is 9.05 Å². The predicted molar refractivity (Wildman–Crippen MR) is 47.2 cm³/mol. The minimum Gasteiger partial charge on any atom is -0.440 e. The molecule has 2 aromatic rings. The van der Waals surface area contributed by atoms with Gasteiger partial charge in [-0.15, -0.1) is 0 Å². The van der Waals surface area contributed by atoms with Gasteiger partial charge < -0.3 is 8.94 Å². The molecule has 0 amide bonds. The zero-order valence-corrected chi connectivity index (χ0v) is 8.25. The van der Waals surface area contributed by atoms with E-state index < -0.39 is 9.05 Å². The number of rotatable bonds is 2. The summed E-state index contributed by atoms with van der Waals surface area (Å²) in [5.74, 6) is 0.610. The normalized spacial score (nSPS) is 11.8. The quantitative estimate of drug-likeness (QED) is 0.741. The van der Waals surface area contributed by atoms with Gasteiger partial charge in [0, 0.05) is 16.7 Å². The molecule has 0 radical (unpaired) electrons. The lowest BCUT2D eigenvalue weighted by Crippen LogP contribution is -1.85. The van der Waals surface area contributed by atoms with Crippen molar-refractivity contribution in [2.75, 3.05) is 0 Å². The fraction of sp³-hybridized carbons (Fsp3) is 0. The summed E-state index contributed by atoms with van der Waals surface area (Å²) in [6.45, 7) is 0. The topological polar surface area (TPSA) is 73.3 Å². The van der Waals surface area contributed by atoms with Crippen LogP contribution in [0.5, 0.6) is 0 Å². The summed E-state index contributed by atoms with van der Waals surface area (Å²) in [6, 6.07) is 4.24. The SMILES string of the molecule is O=S(=O)(Cl)c1ccc(-c2ccno2)o1. The third kappa shape index (κ3) is 1.66. The van der Waals surface area contributed by atoms with Crippen LogP contribution in [-0.4, -0.2) is 13.6 Å². The maximum atomic E-state index is 10.8. The van der Waals surface area contributed by atoms with Crippen LogP contribution in [0.3, 0.4) is 0 Å². The number of furan rings is 1. The van der Waals surface area contributed by atoms with Gasteiger partial charge in [-0.3, -0.25) is 0 Å². The van der Waals surface area contributed by atoms with Crippen LogP contribution < -0.4 is 0 Å². The Hall–Kier alpha value is -1.27. The Balaban J connectivity index is 2.46. The number of hydrogen-bond donors (Lipinski definition) is 0. The molecule has 0 aliphatic rings. The molecule has 0 atom stereocenters. The molecule has 7 heteroatoms. The van der Waals surface area contributed by atoms with Crippen LogP contribution in [-0.2, 0) is 9.05 Å². The van der Waals surface area contributed by atoms with Crippen LogP contribution >= 0.6 is 10.7 Å². The van der Waals surface area contributed by atoms with Crippen LogP contribution in [0, 0.1) is 0 Å². The summed E-state index contributed by atoms with van der Waals surface area (Å²) in [4.78, 5) is 0. The van der Waals surface area contributed by atoms with Gasteiger partial charge in [0.05, 0.1) is 6.20 Å². The molecule has 74 valence electrons. The molecule has 0 N–H and O–H groups in total. The lowest BCUT2D eigenvalue weighted by molar-refractivity contribution is 0.402. The van der Waals surface area contributed by atoms with Crippen molar-refractivity contribution in [3.63, 3.8) is 0 Å². The number of nitrogens with zero attached hydrogens (tertiary/aromatic N) is 1. The Labute approximate surface area is 83.7 Å². The van der Waals surface area contributed by atoms with Crippen molar-refractivity contribution in [2.45, 2.75) is 5.09 Å². The van der Waals surface area contributed by atoms with E-state index in [4.69, 9.17) is 19.6 Å². The Morgan fingerprint density at radius 2 is 2.00 bits per heavy atom. The average molecular weight is 234 g/mol. The summed E-state index contributed by atoms with van der Waals surface area (Å²) >= 11 is 0. The molecule has 2 aromatic heterocycles. The Morgan fingerprint density at radius 1 is 1.21 bits per heavy atom. The third-order valence-corrected chi connectivity index (χ3v) is 2.66. The molecule has 0 unspecified atom stereocenters. The first kappa shape index (κ1) is 9.29. The first-order valence-corrected chi connectivity index (χ1v) is 5.84. The van der Waals surface area contributed by atoms with Gasteiger partial charge in [-0.1, -0.05) is 5.16 Å². The zero-order chi connectivity index (χ0) is 10.2. The van der Waals surface area contributed by atoms with Crippen molar-refractivity contribution in [1.82, 2.24) is 5.16 Å². The van der Waals surface area contributed by atoms with Gasteiger partial charge in [0.15, 0.2) is 5.76 Å². The molecule has 2 heterocycles. The molecule has 0 saturated heterocycles. The number of aromatic nitrogens is 1. The van der Waals surface area contributed by atoms with Gasteiger partial charge in [-0.2, -0.15) is 0 Å². The highest BCUT2D eigenvalue weighted by Crippen LogP contribution is 2.25. The van der Waals surface area contributed by atoms with Gasteiger partial charge in [0.2, 0.25) is 10.9 Å². The smallest absolute Gasteiger partial charge is 0.294 e. The fourth-order valence-electron chi connectivity index (χ4n) is 0.926. The standard InChI is InChI=1S/C7H4ClNO4S/c8-14(10,11)7-2-1-5(12-7)6-3-4-9-13-6/h1-4H. The fourth-order valence-corrected chi connectivity index (χ4v) is 1.60. The van der Waals surface area contributed by atoms with Gasteiger partial charge in [-0.05, 0) is 12.1 Å². The van der Waals surface area contributed by atoms with E-state index in [1.165, 1.54) is 18.3 Å². The molecule has 14 heavy (non-hydrogen) atoms. The highest BCUT2D eigenvalue weighted by atomic mass is 35.7. The number of hydrogen-bond acceptors (Lipinski definition) is 5. The van der Waals surface area contributed by atoms with Crippen molar-refractivity contribution >= 4 is 19.7 Å². The highest BCUT2D eigenvalue weighted by Gasteiger charge is 2.17.